The summed E-state index contributed by atoms with van der Waals surface area (Å²) in [5, 5.41) is 10.7. The van der Waals surface area contributed by atoms with E-state index in [0.29, 0.717) is 0 Å². The summed E-state index contributed by atoms with van der Waals surface area (Å²) in [6, 6.07) is 2.48. The fraction of sp³-hybridized carbons (Fsp3) is 0.222. The van der Waals surface area contributed by atoms with Crippen LogP contribution < -0.4 is 4.74 Å². The molecule has 5 nitrogen and oxygen atoms in total. The van der Waals surface area contributed by atoms with Gasteiger partial charge in [-0.05, 0) is 13.0 Å². The van der Waals surface area contributed by atoms with Gasteiger partial charge in [0.05, 0.1) is 10.5 Å². The maximum atomic E-state index is 12.1. The van der Waals surface area contributed by atoms with Crippen LogP contribution in [-0.4, -0.2) is 17.8 Å². The monoisotopic (exact) mass is 231 g/mol. The maximum Gasteiger partial charge on any atom is 0.387 e. The molecule has 0 aliphatic heterocycles. The Kier molecular flexibility index (Phi) is 3.49. The van der Waals surface area contributed by atoms with E-state index in [0.717, 1.165) is 0 Å². The average molecular weight is 231 g/mol. The van der Waals surface area contributed by atoms with Gasteiger partial charge >= 0.3 is 12.3 Å². The fourth-order valence-electron chi connectivity index (χ4n) is 1.22. The highest BCUT2D eigenvalue weighted by Gasteiger charge is 2.24. The van der Waals surface area contributed by atoms with Crippen molar-refractivity contribution in [3.63, 3.8) is 0 Å². The van der Waals surface area contributed by atoms with E-state index in [1.165, 1.54) is 19.1 Å². The molecule has 0 heterocycles. The maximum absolute atomic E-state index is 12.1. The molecule has 0 saturated carbocycles. The first kappa shape index (κ1) is 12.0. The van der Waals surface area contributed by atoms with Crippen molar-refractivity contribution >= 4 is 12.0 Å². The smallest absolute Gasteiger partial charge is 0.387 e. The number of carbonyl (C=O) groups excluding carboxylic acids is 1. The predicted molar refractivity (Wildman–Crippen MR) is 49.9 cm³/mol. The molecular weight excluding hydrogens is 224 g/mol. The molecule has 7 heteroatoms. The van der Waals surface area contributed by atoms with Crippen molar-refractivity contribution in [2.45, 2.75) is 13.5 Å². The number of hydrogen-bond donors (Lipinski definition) is 0. The number of rotatable bonds is 4. The highest BCUT2D eigenvalue weighted by atomic mass is 19.3. The van der Waals surface area contributed by atoms with E-state index in [4.69, 9.17) is 0 Å². The predicted octanol–water partition coefficient (Wildman–Crippen LogP) is 2.32. The summed E-state index contributed by atoms with van der Waals surface area (Å²) < 4.78 is 28.1. The first-order valence-corrected chi connectivity index (χ1v) is 4.15. The Bertz CT molecular complexity index is 434. The Morgan fingerprint density at radius 3 is 2.56 bits per heavy atom. The second-order valence-corrected chi connectivity index (χ2v) is 2.90. The van der Waals surface area contributed by atoms with Crippen LogP contribution >= 0.6 is 0 Å². The minimum Gasteiger partial charge on any atom is -0.427 e. The molecule has 16 heavy (non-hydrogen) atoms. The lowest BCUT2D eigenvalue weighted by atomic mass is 10.1. The van der Waals surface area contributed by atoms with Crippen molar-refractivity contribution in [2.24, 2.45) is 0 Å². The zero-order valence-corrected chi connectivity index (χ0v) is 8.15. The lowest BCUT2D eigenvalue weighted by Crippen LogP contribution is -2.08. The number of halogens is 2. The van der Waals surface area contributed by atoms with Gasteiger partial charge in [0.1, 0.15) is 0 Å². The quantitative estimate of drug-likeness (QED) is 0.453. The Hall–Kier alpha value is -2.05. The van der Waals surface area contributed by atoms with Crippen LogP contribution in [0.15, 0.2) is 12.1 Å². The molecule has 0 atom stereocenters. The Morgan fingerprint density at radius 1 is 1.50 bits per heavy atom. The number of nitro groups is 1. The number of nitrogens with zero attached hydrogens (tertiary/aromatic N) is 1. The van der Waals surface area contributed by atoms with Crippen LogP contribution in [0.2, 0.25) is 0 Å². The van der Waals surface area contributed by atoms with Crippen LogP contribution in [0.4, 0.5) is 14.5 Å². The highest BCUT2D eigenvalue weighted by molar-refractivity contribution is 5.83. The Morgan fingerprint density at radius 2 is 2.12 bits per heavy atom. The van der Waals surface area contributed by atoms with Gasteiger partial charge in [-0.1, -0.05) is 6.07 Å². The molecule has 0 bridgehead atoms. The molecule has 0 spiro atoms. The van der Waals surface area contributed by atoms with E-state index in [9.17, 15) is 23.7 Å². The topological polar surface area (TPSA) is 69.4 Å². The molecule has 1 aromatic carbocycles. The molecule has 0 aromatic heterocycles. The average Bonchev–Trinajstić information content (AvgIpc) is 2.16. The number of aryl methyl sites for hydroxylation is 1. The number of nitro benzene ring substituents is 1. The SMILES string of the molecule is Cc1ccc(C=O)c(OC(F)F)c1[N+](=O)[O-]. The number of aldehydes is 1. The number of ether oxygens (including phenoxy) is 1. The molecule has 1 rings (SSSR count). The van der Waals surface area contributed by atoms with Gasteiger partial charge in [-0.15, -0.1) is 0 Å². The summed E-state index contributed by atoms with van der Waals surface area (Å²) in [7, 11) is 0. The third-order valence-corrected chi connectivity index (χ3v) is 1.88. The summed E-state index contributed by atoms with van der Waals surface area (Å²) in [6.45, 7) is -1.86. The standard InChI is InChI=1S/C9H7F2NO4/c1-5-2-3-6(4-13)8(16-9(10)11)7(5)12(14)15/h2-4,9H,1H3. The Balaban J connectivity index is 3.42. The van der Waals surface area contributed by atoms with Crippen LogP contribution in [0.5, 0.6) is 5.75 Å². The summed E-state index contributed by atoms with van der Waals surface area (Å²) >= 11 is 0. The van der Waals surface area contributed by atoms with Crippen molar-refractivity contribution in [1.29, 1.82) is 0 Å². The van der Waals surface area contributed by atoms with Crippen LogP contribution in [0, 0.1) is 17.0 Å². The summed E-state index contributed by atoms with van der Waals surface area (Å²) in [6.07, 6.45) is 0.226. The van der Waals surface area contributed by atoms with Crippen molar-refractivity contribution in [1.82, 2.24) is 0 Å². The fourth-order valence-corrected chi connectivity index (χ4v) is 1.22. The van der Waals surface area contributed by atoms with Crippen LogP contribution in [-0.2, 0) is 0 Å². The number of hydrogen-bond acceptors (Lipinski definition) is 4. The van der Waals surface area contributed by atoms with E-state index >= 15 is 0 Å². The van der Waals surface area contributed by atoms with Crippen LogP contribution in [0.1, 0.15) is 15.9 Å². The van der Waals surface area contributed by atoms with Gasteiger partial charge in [-0.2, -0.15) is 8.78 Å². The van der Waals surface area contributed by atoms with Crippen molar-refractivity contribution < 1.29 is 23.2 Å². The first-order valence-electron chi connectivity index (χ1n) is 4.15. The molecule has 0 amide bonds. The molecule has 1 aromatic rings. The summed E-state index contributed by atoms with van der Waals surface area (Å²) in [5.74, 6) is -0.699. The first-order chi connectivity index (χ1) is 7.47. The largest absolute Gasteiger partial charge is 0.427 e. The molecule has 0 saturated heterocycles. The minimum absolute atomic E-state index is 0.145. The van der Waals surface area contributed by atoms with Gasteiger partial charge in [-0.25, -0.2) is 0 Å². The van der Waals surface area contributed by atoms with Crippen LogP contribution in [0.3, 0.4) is 0 Å². The van der Waals surface area contributed by atoms with Crippen molar-refractivity contribution in [2.75, 3.05) is 0 Å². The molecule has 0 fully saturated rings. The van der Waals surface area contributed by atoms with Gasteiger partial charge in [0.2, 0.25) is 5.75 Å². The molecule has 0 aliphatic rings. The normalized spacial score (nSPS) is 10.2. The zero-order chi connectivity index (χ0) is 12.3. The second kappa shape index (κ2) is 4.65. The lowest BCUT2D eigenvalue weighted by molar-refractivity contribution is -0.387. The van der Waals surface area contributed by atoms with Gasteiger partial charge in [-0.3, -0.25) is 14.9 Å². The third kappa shape index (κ3) is 2.30. The number of benzene rings is 1. The van der Waals surface area contributed by atoms with Gasteiger partial charge < -0.3 is 4.74 Å². The molecule has 0 radical (unpaired) electrons. The Labute approximate surface area is 88.8 Å². The second-order valence-electron chi connectivity index (χ2n) is 2.90. The van der Waals surface area contributed by atoms with E-state index in [1.54, 1.807) is 0 Å². The van der Waals surface area contributed by atoms with Gasteiger partial charge in [0.15, 0.2) is 6.29 Å². The lowest BCUT2D eigenvalue weighted by Gasteiger charge is -2.08. The minimum atomic E-state index is -3.22. The number of alkyl halides is 2. The van der Waals surface area contributed by atoms with Gasteiger partial charge in [0.25, 0.3) is 0 Å². The zero-order valence-electron chi connectivity index (χ0n) is 8.15. The molecule has 0 N–H and O–H groups in total. The van der Waals surface area contributed by atoms with Crippen molar-refractivity contribution in [3.05, 3.63) is 33.4 Å². The number of carbonyl (C=O) groups is 1. The highest BCUT2D eigenvalue weighted by Crippen LogP contribution is 2.34. The van der Waals surface area contributed by atoms with Crippen LogP contribution in [0.25, 0.3) is 0 Å². The third-order valence-electron chi connectivity index (χ3n) is 1.88. The van der Waals surface area contributed by atoms with Gasteiger partial charge in [0, 0.05) is 5.56 Å². The molecule has 0 aliphatic carbocycles. The molecule has 86 valence electrons. The van der Waals surface area contributed by atoms with Crippen molar-refractivity contribution in [3.8, 4) is 5.75 Å². The van der Waals surface area contributed by atoms with E-state index in [1.807, 2.05) is 0 Å². The van der Waals surface area contributed by atoms with E-state index in [2.05, 4.69) is 4.74 Å². The van der Waals surface area contributed by atoms with E-state index in [-0.39, 0.29) is 17.4 Å². The van der Waals surface area contributed by atoms with E-state index < -0.39 is 23.0 Å². The summed E-state index contributed by atoms with van der Waals surface area (Å²) in [5.41, 5.74) is -0.756. The molecular formula is C9H7F2NO4. The summed E-state index contributed by atoms with van der Waals surface area (Å²) in [4.78, 5) is 20.3. The molecule has 0 unspecified atom stereocenters.